The first-order valence-corrected chi connectivity index (χ1v) is 5.56. The molecule has 5 heteroatoms. The van der Waals surface area contributed by atoms with Crippen molar-refractivity contribution < 1.29 is 14.3 Å². The van der Waals surface area contributed by atoms with Crippen LogP contribution in [0, 0.1) is 0 Å². The topological polar surface area (TPSA) is 59.6 Å². The third-order valence-electron chi connectivity index (χ3n) is 1.75. The molecule has 0 aromatic heterocycles. The van der Waals surface area contributed by atoms with E-state index in [1.54, 1.807) is 6.08 Å². The highest BCUT2D eigenvalue weighted by atomic mass is 16.7. The van der Waals surface area contributed by atoms with Crippen molar-refractivity contribution in [3.8, 4) is 0 Å². The third-order valence-corrected chi connectivity index (χ3v) is 1.75. The third kappa shape index (κ3) is 8.40. The van der Waals surface area contributed by atoms with Gasteiger partial charge < -0.3 is 20.1 Å². The second-order valence-electron chi connectivity index (χ2n) is 3.06. The van der Waals surface area contributed by atoms with Crippen molar-refractivity contribution in [2.45, 2.75) is 20.1 Å². The van der Waals surface area contributed by atoms with Crippen LogP contribution in [0.2, 0.25) is 0 Å². The summed E-state index contributed by atoms with van der Waals surface area (Å²) in [5.41, 5.74) is 0. The Morgan fingerprint density at radius 2 is 2.00 bits per heavy atom. The van der Waals surface area contributed by atoms with Gasteiger partial charge in [0.05, 0.1) is 13.1 Å². The summed E-state index contributed by atoms with van der Waals surface area (Å²) in [7, 11) is 0. The van der Waals surface area contributed by atoms with Gasteiger partial charge in [-0.15, -0.1) is 6.58 Å². The number of hydrogen-bond donors (Lipinski definition) is 2. The normalized spacial score (nSPS) is 10.4. The molecular weight excluding hydrogens is 208 g/mol. The first-order chi connectivity index (χ1) is 7.74. The molecular formula is C11H22N2O3. The zero-order valence-corrected chi connectivity index (χ0v) is 10.1. The summed E-state index contributed by atoms with van der Waals surface area (Å²) in [5.74, 6) is -0.0775. The van der Waals surface area contributed by atoms with E-state index in [4.69, 9.17) is 9.47 Å². The second-order valence-corrected chi connectivity index (χ2v) is 3.06. The zero-order valence-electron chi connectivity index (χ0n) is 10.1. The molecule has 0 aliphatic heterocycles. The standard InChI is InChI=1S/C11H22N2O3/c1-4-7-12-8-10(14)13-9-11(15-5-2)16-6-3/h4,11-12H,1,5-9H2,2-3H3,(H,13,14). The Bertz CT molecular complexity index is 192. The monoisotopic (exact) mass is 230 g/mol. The summed E-state index contributed by atoms with van der Waals surface area (Å²) >= 11 is 0. The van der Waals surface area contributed by atoms with Crippen molar-refractivity contribution in [1.29, 1.82) is 0 Å². The minimum atomic E-state index is -0.363. The van der Waals surface area contributed by atoms with E-state index in [0.717, 1.165) is 0 Å². The van der Waals surface area contributed by atoms with Gasteiger partial charge in [0.2, 0.25) is 5.91 Å². The Hall–Kier alpha value is -0.910. The Balaban J connectivity index is 3.64. The maximum Gasteiger partial charge on any atom is 0.234 e. The minimum absolute atomic E-state index is 0.0775. The summed E-state index contributed by atoms with van der Waals surface area (Å²) in [5, 5.41) is 5.64. The van der Waals surface area contributed by atoms with Crippen LogP contribution in [0.5, 0.6) is 0 Å². The van der Waals surface area contributed by atoms with Gasteiger partial charge in [-0.05, 0) is 13.8 Å². The average Bonchev–Trinajstić information content (AvgIpc) is 2.27. The highest BCUT2D eigenvalue weighted by molar-refractivity contribution is 5.77. The summed E-state index contributed by atoms with van der Waals surface area (Å²) in [6.45, 7) is 9.72. The predicted molar refractivity (Wildman–Crippen MR) is 63.1 cm³/mol. The molecule has 0 radical (unpaired) electrons. The van der Waals surface area contributed by atoms with Crippen LogP contribution in [0.1, 0.15) is 13.8 Å². The fraction of sp³-hybridized carbons (Fsp3) is 0.727. The Morgan fingerprint density at radius 3 is 2.50 bits per heavy atom. The summed E-state index contributed by atoms with van der Waals surface area (Å²) in [6.07, 6.45) is 1.34. The summed E-state index contributed by atoms with van der Waals surface area (Å²) in [4.78, 5) is 11.3. The lowest BCUT2D eigenvalue weighted by molar-refractivity contribution is -0.140. The highest BCUT2D eigenvalue weighted by Crippen LogP contribution is 1.92. The van der Waals surface area contributed by atoms with Crippen LogP contribution < -0.4 is 10.6 Å². The van der Waals surface area contributed by atoms with Crippen LogP contribution in [0.3, 0.4) is 0 Å². The van der Waals surface area contributed by atoms with Gasteiger partial charge >= 0.3 is 0 Å². The number of hydrogen-bond acceptors (Lipinski definition) is 4. The predicted octanol–water partition coefficient (Wildman–Crippen LogP) is 0.277. The molecule has 0 spiro atoms. The quantitative estimate of drug-likeness (QED) is 0.321. The number of carbonyl (C=O) groups is 1. The lowest BCUT2D eigenvalue weighted by Crippen LogP contribution is -2.40. The lowest BCUT2D eigenvalue weighted by atomic mass is 10.5. The molecule has 0 heterocycles. The van der Waals surface area contributed by atoms with Crippen molar-refractivity contribution in [1.82, 2.24) is 10.6 Å². The van der Waals surface area contributed by atoms with E-state index < -0.39 is 0 Å². The van der Waals surface area contributed by atoms with Crippen LogP contribution in [0.15, 0.2) is 12.7 Å². The largest absolute Gasteiger partial charge is 0.351 e. The van der Waals surface area contributed by atoms with Gasteiger partial charge in [0.1, 0.15) is 0 Å². The molecule has 0 fully saturated rings. The molecule has 0 aliphatic rings. The van der Waals surface area contributed by atoms with Crippen LogP contribution in [0.4, 0.5) is 0 Å². The minimum Gasteiger partial charge on any atom is -0.351 e. The number of ether oxygens (including phenoxy) is 2. The molecule has 0 aromatic rings. The maximum absolute atomic E-state index is 11.3. The first-order valence-electron chi connectivity index (χ1n) is 5.56. The summed E-state index contributed by atoms with van der Waals surface area (Å²) < 4.78 is 10.6. The van der Waals surface area contributed by atoms with Crippen molar-refractivity contribution in [3.63, 3.8) is 0 Å². The van der Waals surface area contributed by atoms with Gasteiger partial charge in [0.25, 0.3) is 0 Å². The van der Waals surface area contributed by atoms with Crippen LogP contribution >= 0.6 is 0 Å². The molecule has 0 aromatic carbocycles. The molecule has 2 N–H and O–H groups in total. The van der Waals surface area contributed by atoms with E-state index >= 15 is 0 Å². The molecule has 0 rings (SSSR count). The molecule has 0 atom stereocenters. The molecule has 0 saturated heterocycles. The molecule has 94 valence electrons. The number of carbonyl (C=O) groups excluding carboxylic acids is 1. The van der Waals surface area contributed by atoms with Crippen molar-refractivity contribution in [3.05, 3.63) is 12.7 Å². The Labute approximate surface area is 97.2 Å². The van der Waals surface area contributed by atoms with E-state index in [1.807, 2.05) is 13.8 Å². The molecule has 0 bridgehead atoms. The SMILES string of the molecule is C=CCNCC(=O)NCC(OCC)OCC. The van der Waals surface area contributed by atoms with Gasteiger partial charge in [-0.25, -0.2) is 0 Å². The Morgan fingerprint density at radius 1 is 1.38 bits per heavy atom. The second kappa shape index (κ2) is 10.6. The van der Waals surface area contributed by atoms with Crippen molar-refractivity contribution in [2.24, 2.45) is 0 Å². The van der Waals surface area contributed by atoms with E-state index in [9.17, 15) is 4.79 Å². The first kappa shape index (κ1) is 15.1. The van der Waals surface area contributed by atoms with Crippen LogP contribution in [-0.4, -0.2) is 45.0 Å². The van der Waals surface area contributed by atoms with E-state index in [1.165, 1.54) is 0 Å². The van der Waals surface area contributed by atoms with E-state index in [-0.39, 0.29) is 18.7 Å². The van der Waals surface area contributed by atoms with Gasteiger partial charge in [0, 0.05) is 19.8 Å². The molecule has 5 nitrogen and oxygen atoms in total. The van der Waals surface area contributed by atoms with Gasteiger partial charge in [-0.3, -0.25) is 4.79 Å². The molecule has 1 amide bonds. The van der Waals surface area contributed by atoms with Crippen molar-refractivity contribution >= 4 is 5.91 Å². The molecule has 0 aliphatic carbocycles. The highest BCUT2D eigenvalue weighted by Gasteiger charge is 2.09. The summed E-state index contributed by atoms with van der Waals surface area (Å²) in [6, 6.07) is 0. The zero-order chi connectivity index (χ0) is 12.2. The number of nitrogens with one attached hydrogen (secondary N) is 2. The number of rotatable bonds is 10. The van der Waals surface area contributed by atoms with Gasteiger partial charge in [-0.2, -0.15) is 0 Å². The van der Waals surface area contributed by atoms with Gasteiger partial charge in [-0.1, -0.05) is 6.08 Å². The average molecular weight is 230 g/mol. The fourth-order valence-electron chi connectivity index (χ4n) is 1.09. The van der Waals surface area contributed by atoms with Crippen LogP contribution in [-0.2, 0) is 14.3 Å². The maximum atomic E-state index is 11.3. The molecule has 0 unspecified atom stereocenters. The van der Waals surface area contributed by atoms with E-state index in [2.05, 4.69) is 17.2 Å². The molecule has 0 saturated carbocycles. The number of amides is 1. The smallest absolute Gasteiger partial charge is 0.234 e. The van der Waals surface area contributed by atoms with Crippen molar-refractivity contribution in [2.75, 3.05) is 32.8 Å². The lowest BCUT2D eigenvalue weighted by Gasteiger charge is -2.17. The van der Waals surface area contributed by atoms with E-state index in [0.29, 0.717) is 26.3 Å². The fourth-order valence-corrected chi connectivity index (χ4v) is 1.09. The Kier molecular flexibility index (Phi) is 10.00. The van der Waals surface area contributed by atoms with Crippen LogP contribution in [0.25, 0.3) is 0 Å². The molecule has 16 heavy (non-hydrogen) atoms. The van der Waals surface area contributed by atoms with Gasteiger partial charge in [0.15, 0.2) is 6.29 Å².